The molecule has 5 heterocycles. The van der Waals surface area contributed by atoms with Crippen molar-refractivity contribution in [2.75, 3.05) is 31.1 Å². The van der Waals surface area contributed by atoms with Crippen molar-refractivity contribution in [3.63, 3.8) is 0 Å². The Balaban J connectivity index is 1.44. The Morgan fingerprint density at radius 3 is 3.00 bits per heavy atom. The number of aromatic nitrogens is 3. The molecule has 1 aliphatic carbocycles. The van der Waals surface area contributed by atoms with Crippen molar-refractivity contribution in [2.45, 2.75) is 62.4 Å². The van der Waals surface area contributed by atoms with Crippen LogP contribution in [0.5, 0.6) is 6.01 Å². The van der Waals surface area contributed by atoms with Gasteiger partial charge in [-0.25, -0.2) is 18.2 Å². The summed E-state index contributed by atoms with van der Waals surface area (Å²) in [5.41, 5.74) is -1.21. The molecule has 0 spiro atoms. The Morgan fingerprint density at radius 2 is 2.12 bits per heavy atom. The minimum Gasteiger partial charge on any atom is -0.461 e. The first-order chi connectivity index (χ1) is 16.2. The molecule has 1 saturated carbocycles. The van der Waals surface area contributed by atoms with Crippen LogP contribution in [0.3, 0.4) is 0 Å². The van der Waals surface area contributed by atoms with Crippen molar-refractivity contribution in [1.82, 2.24) is 19.9 Å². The molecule has 10 heteroatoms. The molecule has 6 rings (SSSR count). The molecule has 0 radical (unpaired) electrons. The Bertz CT molecular complexity index is 1150. The molecule has 5 atom stereocenters. The van der Waals surface area contributed by atoms with Gasteiger partial charge in [-0.2, -0.15) is 9.97 Å². The maximum Gasteiger partial charge on any atom is 0.319 e. The van der Waals surface area contributed by atoms with E-state index in [1.165, 1.54) is 6.20 Å². The summed E-state index contributed by atoms with van der Waals surface area (Å²) in [4.78, 5) is 16.4. The van der Waals surface area contributed by atoms with Crippen molar-refractivity contribution in [3.05, 3.63) is 16.6 Å². The second-order valence-electron chi connectivity index (χ2n) is 9.33. The number of nitrogens with zero attached hydrogens (tertiary/aromatic N) is 5. The SMILES string of the molecule is [2H]C([2H])(Oc1nc(N2CCCC[C@H]3[C@H](F)[C@H]32)c2cnc(Br)c(F)c2n1)[C@@]12CCCN1C[C@H](F)C2. The highest BCUT2D eigenvalue weighted by atomic mass is 79.9. The molecule has 3 aliphatic heterocycles. The van der Waals surface area contributed by atoms with Crippen molar-refractivity contribution in [2.24, 2.45) is 5.92 Å². The van der Waals surface area contributed by atoms with E-state index in [1.54, 1.807) is 4.90 Å². The molecule has 3 saturated heterocycles. The average molecular weight is 514 g/mol. The number of anilines is 1. The molecule has 0 bridgehead atoms. The van der Waals surface area contributed by atoms with Crippen molar-refractivity contribution in [1.29, 1.82) is 0 Å². The molecular formula is C22H25BrF3N5O. The minimum absolute atomic E-state index is 0.0175. The van der Waals surface area contributed by atoms with Gasteiger partial charge < -0.3 is 9.64 Å². The highest BCUT2D eigenvalue weighted by Crippen LogP contribution is 2.48. The second-order valence-corrected chi connectivity index (χ2v) is 10.1. The van der Waals surface area contributed by atoms with E-state index >= 15 is 4.39 Å². The lowest BCUT2D eigenvalue weighted by Crippen LogP contribution is -2.43. The van der Waals surface area contributed by atoms with Crippen LogP contribution < -0.4 is 9.64 Å². The van der Waals surface area contributed by atoms with Gasteiger partial charge in [0, 0.05) is 31.6 Å². The van der Waals surface area contributed by atoms with Gasteiger partial charge in [0.2, 0.25) is 0 Å². The third-order valence-corrected chi connectivity index (χ3v) is 7.94. The summed E-state index contributed by atoms with van der Waals surface area (Å²) in [5, 5.41) is 0.318. The molecule has 2 aromatic heterocycles. The number of ether oxygens (including phenoxy) is 1. The third-order valence-electron chi connectivity index (χ3n) is 7.39. The Kier molecular flexibility index (Phi) is 4.49. The first-order valence-corrected chi connectivity index (χ1v) is 12.0. The predicted octanol–water partition coefficient (Wildman–Crippen LogP) is 4.21. The Hall–Kier alpha value is -1.68. The lowest BCUT2D eigenvalue weighted by molar-refractivity contribution is 0.107. The largest absolute Gasteiger partial charge is 0.461 e. The fourth-order valence-corrected chi connectivity index (χ4v) is 6.06. The van der Waals surface area contributed by atoms with Gasteiger partial charge in [-0.3, -0.25) is 4.90 Å². The van der Waals surface area contributed by atoms with Crippen molar-refractivity contribution < 1.29 is 20.6 Å². The van der Waals surface area contributed by atoms with Gasteiger partial charge >= 0.3 is 6.01 Å². The lowest BCUT2D eigenvalue weighted by Gasteiger charge is -2.31. The minimum atomic E-state index is -2.31. The normalized spacial score (nSPS) is 35.8. The van der Waals surface area contributed by atoms with Crippen LogP contribution in [0.25, 0.3) is 10.9 Å². The van der Waals surface area contributed by atoms with E-state index in [0.29, 0.717) is 30.7 Å². The van der Waals surface area contributed by atoms with Gasteiger partial charge in [-0.05, 0) is 48.2 Å². The molecule has 6 nitrogen and oxygen atoms in total. The molecular weight excluding hydrogens is 487 g/mol. The van der Waals surface area contributed by atoms with E-state index in [4.69, 9.17) is 7.48 Å². The maximum absolute atomic E-state index is 15.1. The first kappa shape index (κ1) is 18.7. The summed E-state index contributed by atoms with van der Waals surface area (Å²) >= 11 is 3.08. The summed E-state index contributed by atoms with van der Waals surface area (Å²) in [6, 6.07) is -0.701. The summed E-state index contributed by atoms with van der Waals surface area (Å²) < 4.78 is 67.2. The smallest absolute Gasteiger partial charge is 0.319 e. The second kappa shape index (κ2) is 7.68. The van der Waals surface area contributed by atoms with Gasteiger partial charge in [0.1, 0.15) is 34.8 Å². The fraction of sp³-hybridized carbons (Fsp3) is 0.682. The summed E-state index contributed by atoms with van der Waals surface area (Å²) in [6.45, 7) is -1.01. The molecule has 32 heavy (non-hydrogen) atoms. The zero-order chi connectivity index (χ0) is 23.8. The zero-order valence-corrected chi connectivity index (χ0v) is 19.0. The van der Waals surface area contributed by atoms with Gasteiger partial charge in [0.05, 0.1) is 19.7 Å². The molecule has 4 aliphatic rings. The van der Waals surface area contributed by atoms with Crippen LogP contribution in [0.2, 0.25) is 0 Å². The van der Waals surface area contributed by atoms with Crippen LogP contribution in [0.1, 0.15) is 41.3 Å². The molecule has 0 N–H and O–H groups in total. The first-order valence-electron chi connectivity index (χ1n) is 12.2. The van der Waals surface area contributed by atoms with Crippen LogP contribution in [-0.4, -0.2) is 70.0 Å². The van der Waals surface area contributed by atoms with Crippen LogP contribution in [0.4, 0.5) is 19.0 Å². The highest BCUT2D eigenvalue weighted by Gasteiger charge is 2.55. The number of hydrogen-bond donors (Lipinski definition) is 0. The third kappa shape index (κ3) is 3.28. The van der Waals surface area contributed by atoms with Crippen LogP contribution in [0, 0.1) is 11.7 Å². The van der Waals surface area contributed by atoms with Crippen LogP contribution in [-0.2, 0) is 0 Å². The monoisotopic (exact) mass is 513 g/mol. The van der Waals surface area contributed by atoms with E-state index in [9.17, 15) is 8.78 Å². The van der Waals surface area contributed by atoms with E-state index < -0.39 is 30.3 Å². The fourth-order valence-electron chi connectivity index (χ4n) is 5.77. The number of pyridine rings is 1. The molecule has 0 amide bonds. The van der Waals surface area contributed by atoms with Crippen LogP contribution >= 0.6 is 15.9 Å². The standard InChI is InChI=1S/C22H25BrF3N5O/c23-19-16(26)17-14(9-27-19)20(31-7-2-1-4-13-15(25)18(13)31)29-21(28-17)32-11-22-5-3-6-30(22)10-12(24)8-22/h9,12-13,15,18H,1-8,10-11H2/t12-,13+,15+,18+,22+/m1/s1/i11D2. The summed E-state index contributed by atoms with van der Waals surface area (Å²) in [5.74, 6) is -0.527. The lowest BCUT2D eigenvalue weighted by atomic mass is 9.95. The Labute approximate surface area is 195 Å². The topological polar surface area (TPSA) is 54.4 Å². The van der Waals surface area contributed by atoms with E-state index in [-0.39, 0.29) is 41.1 Å². The number of hydrogen-bond acceptors (Lipinski definition) is 6. The van der Waals surface area contributed by atoms with Gasteiger partial charge in [0.15, 0.2) is 5.82 Å². The molecule has 172 valence electrons. The van der Waals surface area contributed by atoms with Crippen molar-refractivity contribution in [3.8, 4) is 6.01 Å². The molecule has 2 aromatic rings. The molecule has 0 unspecified atom stereocenters. The van der Waals surface area contributed by atoms with Gasteiger partial charge in [-0.1, -0.05) is 6.42 Å². The molecule has 4 fully saturated rings. The predicted molar refractivity (Wildman–Crippen MR) is 117 cm³/mol. The summed E-state index contributed by atoms with van der Waals surface area (Å²) in [7, 11) is 0. The van der Waals surface area contributed by atoms with E-state index in [1.807, 2.05) is 4.90 Å². The number of alkyl halides is 2. The van der Waals surface area contributed by atoms with Gasteiger partial charge in [-0.15, -0.1) is 0 Å². The number of rotatable bonds is 4. The average Bonchev–Trinajstić information content (AvgIpc) is 3.14. The van der Waals surface area contributed by atoms with Crippen LogP contribution in [0.15, 0.2) is 10.8 Å². The zero-order valence-electron chi connectivity index (χ0n) is 19.4. The summed E-state index contributed by atoms with van der Waals surface area (Å²) in [6.07, 6.45) is 3.04. The van der Waals surface area contributed by atoms with Crippen molar-refractivity contribution >= 4 is 32.7 Å². The number of fused-ring (bicyclic) bond motifs is 3. The van der Waals surface area contributed by atoms with E-state index in [0.717, 1.165) is 25.7 Å². The highest BCUT2D eigenvalue weighted by molar-refractivity contribution is 9.10. The molecule has 0 aromatic carbocycles. The maximum atomic E-state index is 15.1. The van der Waals surface area contributed by atoms with E-state index in [2.05, 4.69) is 30.9 Å². The number of halogens is 4. The van der Waals surface area contributed by atoms with Gasteiger partial charge in [0.25, 0.3) is 0 Å². The quantitative estimate of drug-likeness (QED) is 0.571. The Morgan fingerprint density at radius 1 is 1.25 bits per heavy atom.